The number of hydrogen-bond donors (Lipinski definition) is 1. The van der Waals surface area contributed by atoms with Crippen molar-refractivity contribution in [1.82, 2.24) is 9.88 Å². The van der Waals surface area contributed by atoms with Crippen molar-refractivity contribution in [3.05, 3.63) is 82.4 Å². The summed E-state index contributed by atoms with van der Waals surface area (Å²) < 4.78 is 0. The van der Waals surface area contributed by atoms with Gasteiger partial charge in [-0.3, -0.25) is 24.6 Å². The highest BCUT2D eigenvalue weighted by Gasteiger charge is 2.28. The Labute approximate surface area is 172 Å². The van der Waals surface area contributed by atoms with Crippen molar-refractivity contribution in [1.29, 1.82) is 0 Å². The number of thiazole rings is 1. The molecule has 0 aliphatic carbocycles. The average Bonchev–Trinajstić information content (AvgIpc) is 3.30. The summed E-state index contributed by atoms with van der Waals surface area (Å²) in [4.78, 5) is 42.5. The molecule has 4 rings (SSSR count). The summed E-state index contributed by atoms with van der Waals surface area (Å²) in [6, 6.07) is 17.0. The van der Waals surface area contributed by atoms with Crippen LogP contribution in [0.25, 0.3) is 0 Å². The van der Waals surface area contributed by atoms with Gasteiger partial charge in [-0.2, -0.15) is 0 Å². The highest BCUT2D eigenvalue weighted by Crippen LogP contribution is 2.22. The van der Waals surface area contributed by atoms with Gasteiger partial charge >= 0.3 is 0 Å². The summed E-state index contributed by atoms with van der Waals surface area (Å²) >= 11 is 1.45. The van der Waals surface area contributed by atoms with Crippen molar-refractivity contribution in [2.45, 2.75) is 25.8 Å². The lowest BCUT2D eigenvalue weighted by molar-refractivity contribution is -0.139. The van der Waals surface area contributed by atoms with Gasteiger partial charge in [0.15, 0.2) is 5.13 Å². The van der Waals surface area contributed by atoms with E-state index in [0.717, 1.165) is 16.9 Å². The van der Waals surface area contributed by atoms with Crippen LogP contribution in [0.2, 0.25) is 0 Å². The van der Waals surface area contributed by atoms with E-state index in [4.69, 9.17) is 0 Å². The first kappa shape index (κ1) is 19.0. The number of benzene rings is 2. The number of imide groups is 1. The zero-order chi connectivity index (χ0) is 20.2. The monoisotopic (exact) mass is 405 g/mol. The molecule has 1 saturated heterocycles. The molecule has 0 bridgehead atoms. The SMILES string of the molecule is O=C(Nc1ncc(Cc2ccccc2)s1)c1ccc(CN2C(=O)CCC2=O)cc1. The summed E-state index contributed by atoms with van der Waals surface area (Å²) in [5.41, 5.74) is 2.50. The summed E-state index contributed by atoms with van der Waals surface area (Å²) in [6.07, 6.45) is 3.11. The van der Waals surface area contributed by atoms with Gasteiger partial charge in [0.1, 0.15) is 0 Å². The molecule has 2 heterocycles. The molecule has 3 amide bonds. The van der Waals surface area contributed by atoms with Gasteiger partial charge < -0.3 is 0 Å². The molecule has 0 atom stereocenters. The van der Waals surface area contributed by atoms with Crippen LogP contribution in [0, 0.1) is 0 Å². The molecule has 146 valence electrons. The van der Waals surface area contributed by atoms with Crippen LogP contribution in [0.5, 0.6) is 0 Å². The Morgan fingerprint density at radius 3 is 2.34 bits per heavy atom. The fraction of sp³-hybridized carbons (Fsp3) is 0.182. The number of carbonyl (C=O) groups excluding carboxylic acids is 3. The van der Waals surface area contributed by atoms with Gasteiger partial charge in [0.25, 0.3) is 5.91 Å². The zero-order valence-corrected chi connectivity index (χ0v) is 16.4. The predicted molar refractivity (Wildman–Crippen MR) is 111 cm³/mol. The van der Waals surface area contributed by atoms with E-state index >= 15 is 0 Å². The number of anilines is 1. The molecular weight excluding hydrogens is 386 g/mol. The van der Waals surface area contributed by atoms with Crippen LogP contribution in [-0.4, -0.2) is 27.6 Å². The normalized spacial score (nSPS) is 13.7. The first-order valence-electron chi connectivity index (χ1n) is 9.30. The summed E-state index contributed by atoms with van der Waals surface area (Å²) in [5.74, 6) is -0.538. The minimum atomic E-state index is -0.245. The molecule has 0 radical (unpaired) electrons. The lowest BCUT2D eigenvalue weighted by Gasteiger charge is -2.13. The van der Waals surface area contributed by atoms with E-state index in [1.807, 2.05) is 18.2 Å². The van der Waals surface area contributed by atoms with Crippen LogP contribution in [0.15, 0.2) is 60.8 Å². The van der Waals surface area contributed by atoms with Crippen LogP contribution in [0.1, 0.15) is 39.2 Å². The third kappa shape index (κ3) is 4.57. The molecule has 7 heteroatoms. The van der Waals surface area contributed by atoms with Crippen LogP contribution in [-0.2, 0) is 22.6 Å². The first-order chi connectivity index (χ1) is 14.1. The molecule has 0 saturated carbocycles. The minimum absolute atomic E-state index is 0.146. The Kier molecular flexibility index (Phi) is 5.48. The van der Waals surface area contributed by atoms with Gasteiger partial charge in [0.05, 0.1) is 6.54 Å². The van der Waals surface area contributed by atoms with E-state index < -0.39 is 0 Å². The predicted octanol–water partition coefficient (Wildman–Crippen LogP) is 3.64. The van der Waals surface area contributed by atoms with Crippen LogP contribution in [0.4, 0.5) is 5.13 Å². The maximum Gasteiger partial charge on any atom is 0.257 e. The highest BCUT2D eigenvalue weighted by atomic mass is 32.1. The standard InChI is InChI=1S/C22H19N3O3S/c26-19-10-11-20(27)25(19)14-16-6-8-17(9-7-16)21(28)24-22-23-13-18(29-22)12-15-4-2-1-3-5-15/h1-9,13H,10-12,14H2,(H,23,24,28). The third-order valence-electron chi connectivity index (χ3n) is 4.71. The molecule has 1 aliphatic heterocycles. The Morgan fingerprint density at radius 1 is 0.966 bits per heavy atom. The number of nitrogens with one attached hydrogen (secondary N) is 1. The Balaban J connectivity index is 1.36. The van der Waals surface area contributed by atoms with E-state index in [9.17, 15) is 14.4 Å². The Hall–Kier alpha value is -3.32. The number of nitrogens with zero attached hydrogens (tertiary/aromatic N) is 2. The molecule has 1 aromatic heterocycles. The van der Waals surface area contributed by atoms with Crippen molar-refractivity contribution < 1.29 is 14.4 Å². The zero-order valence-electron chi connectivity index (χ0n) is 15.6. The summed E-state index contributed by atoms with van der Waals surface area (Å²) in [5, 5.41) is 3.37. The quantitative estimate of drug-likeness (QED) is 0.635. The smallest absolute Gasteiger partial charge is 0.257 e. The summed E-state index contributed by atoms with van der Waals surface area (Å²) in [6.45, 7) is 0.245. The molecule has 6 nitrogen and oxygen atoms in total. The van der Waals surface area contributed by atoms with Crippen LogP contribution < -0.4 is 5.32 Å². The summed E-state index contributed by atoms with van der Waals surface area (Å²) in [7, 11) is 0. The van der Waals surface area contributed by atoms with E-state index in [0.29, 0.717) is 10.7 Å². The Morgan fingerprint density at radius 2 is 1.66 bits per heavy atom. The molecule has 2 aromatic carbocycles. The lowest BCUT2D eigenvalue weighted by Crippen LogP contribution is -2.28. The lowest BCUT2D eigenvalue weighted by atomic mass is 10.1. The topological polar surface area (TPSA) is 79.4 Å². The van der Waals surface area contributed by atoms with Gasteiger partial charge in [0.2, 0.25) is 11.8 Å². The van der Waals surface area contributed by atoms with Crippen molar-refractivity contribution >= 4 is 34.2 Å². The molecule has 0 spiro atoms. The molecule has 1 N–H and O–H groups in total. The van der Waals surface area contributed by atoms with E-state index in [-0.39, 0.29) is 37.1 Å². The van der Waals surface area contributed by atoms with Gasteiger partial charge in [-0.1, -0.05) is 42.5 Å². The number of aromatic nitrogens is 1. The maximum atomic E-state index is 12.5. The second-order valence-electron chi connectivity index (χ2n) is 6.82. The fourth-order valence-electron chi connectivity index (χ4n) is 3.16. The number of hydrogen-bond acceptors (Lipinski definition) is 5. The van der Waals surface area contributed by atoms with Crippen molar-refractivity contribution in [3.8, 4) is 0 Å². The van der Waals surface area contributed by atoms with Crippen molar-refractivity contribution in [2.24, 2.45) is 0 Å². The van der Waals surface area contributed by atoms with E-state index in [2.05, 4.69) is 22.4 Å². The van der Waals surface area contributed by atoms with Gasteiger partial charge in [-0.15, -0.1) is 11.3 Å². The average molecular weight is 405 g/mol. The van der Waals surface area contributed by atoms with Crippen molar-refractivity contribution in [2.75, 3.05) is 5.32 Å². The number of carbonyl (C=O) groups is 3. The van der Waals surface area contributed by atoms with Crippen molar-refractivity contribution in [3.63, 3.8) is 0 Å². The molecule has 1 aliphatic rings. The van der Waals surface area contributed by atoms with Gasteiger partial charge in [-0.25, -0.2) is 4.98 Å². The molecule has 3 aromatic rings. The molecule has 1 fully saturated rings. The van der Waals surface area contributed by atoms with Crippen LogP contribution in [0.3, 0.4) is 0 Å². The highest BCUT2D eigenvalue weighted by molar-refractivity contribution is 7.15. The second-order valence-corrected chi connectivity index (χ2v) is 7.93. The molecular formula is C22H19N3O3S. The molecule has 0 unspecified atom stereocenters. The number of amides is 3. The minimum Gasteiger partial charge on any atom is -0.298 e. The van der Waals surface area contributed by atoms with Gasteiger partial charge in [-0.05, 0) is 23.3 Å². The fourth-order valence-corrected chi connectivity index (χ4v) is 4.00. The number of rotatable bonds is 6. The van der Waals surface area contributed by atoms with E-state index in [1.165, 1.54) is 21.8 Å². The first-order valence-corrected chi connectivity index (χ1v) is 10.1. The van der Waals surface area contributed by atoms with E-state index in [1.54, 1.807) is 30.5 Å². The van der Waals surface area contributed by atoms with Crippen LogP contribution >= 0.6 is 11.3 Å². The number of likely N-dealkylation sites (tertiary alicyclic amines) is 1. The second kappa shape index (κ2) is 8.36. The maximum absolute atomic E-state index is 12.5. The Bertz CT molecular complexity index is 1030. The third-order valence-corrected chi connectivity index (χ3v) is 5.62. The largest absolute Gasteiger partial charge is 0.298 e. The van der Waals surface area contributed by atoms with Gasteiger partial charge in [0, 0.05) is 35.9 Å². The molecule has 29 heavy (non-hydrogen) atoms.